The van der Waals surface area contributed by atoms with Gasteiger partial charge in [-0.3, -0.25) is 14.3 Å². The van der Waals surface area contributed by atoms with Crippen LogP contribution in [0.15, 0.2) is 71.6 Å². The average Bonchev–Trinajstić information content (AvgIpc) is 2.80. The molecule has 3 rings (SSSR count). The summed E-state index contributed by atoms with van der Waals surface area (Å²) in [5.41, 5.74) is 2.82. The number of benzene rings is 3. The van der Waals surface area contributed by atoms with Crippen molar-refractivity contribution in [3.8, 4) is 5.75 Å². The summed E-state index contributed by atoms with van der Waals surface area (Å²) in [5.74, 6) is -0.182. The number of likely N-dealkylation sites (N-methyl/N-ethyl adjacent to an activating group) is 1. The predicted octanol–water partition coefficient (Wildman–Crippen LogP) is 3.87. The van der Waals surface area contributed by atoms with Crippen LogP contribution >= 0.6 is 0 Å². The second kappa shape index (κ2) is 10.8. The minimum atomic E-state index is -3.87. The van der Waals surface area contributed by atoms with Gasteiger partial charge in [-0.15, -0.1) is 0 Å². The Labute approximate surface area is 199 Å². The maximum atomic E-state index is 12.9. The molecular weight excluding hydrogens is 454 g/mol. The topological polar surface area (TPSA) is 114 Å². The Hall–Kier alpha value is -3.85. The monoisotopic (exact) mass is 481 g/mol. The molecule has 0 bridgehead atoms. The third-order valence-corrected chi connectivity index (χ3v) is 6.30. The Morgan fingerprint density at radius 3 is 2.18 bits per heavy atom. The zero-order chi connectivity index (χ0) is 24.7. The highest BCUT2D eigenvalue weighted by molar-refractivity contribution is 7.92. The molecule has 0 aliphatic heterocycles. The van der Waals surface area contributed by atoms with E-state index in [1.54, 1.807) is 49.4 Å². The second-order valence-electron chi connectivity index (χ2n) is 7.67. The molecular formula is C25H27N3O5S. The lowest BCUT2D eigenvalue weighted by Crippen LogP contribution is -2.28. The fourth-order valence-electron chi connectivity index (χ4n) is 3.08. The molecule has 0 aliphatic carbocycles. The highest BCUT2D eigenvalue weighted by Gasteiger charge is 2.18. The summed E-state index contributed by atoms with van der Waals surface area (Å²) >= 11 is 0. The van der Waals surface area contributed by atoms with E-state index in [-0.39, 0.29) is 23.0 Å². The van der Waals surface area contributed by atoms with Gasteiger partial charge in [0, 0.05) is 23.5 Å². The Morgan fingerprint density at radius 1 is 0.882 bits per heavy atom. The van der Waals surface area contributed by atoms with E-state index in [9.17, 15) is 18.0 Å². The van der Waals surface area contributed by atoms with Crippen LogP contribution in [0.3, 0.4) is 0 Å². The smallest absolute Gasteiger partial charge is 0.261 e. The van der Waals surface area contributed by atoms with Crippen LogP contribution < -0.4 is 20.1 Å². The molecule has 178 valence electrons. The molecule has 3 N–H and O–H groups in total. The largest absolute Gasteiger partial charge is 0.484 e. The predicted molar refractivity (Wildman–Crippen MR) is 132 cm³/mol. The third kappa shape index (κ3) is 6.58. The first-order valence-corrected chi connectivity index (χ1v) is 12.2. The number of carbonyl (C=O) groups is 2. The van der Waals surface area contributed by atoms with E-state index in [2.05, 4.69) is 15.4 Å². The van der Waals surface area contributed by atoms with Gasteiger partial charge >= 0.3 is 0 Å². The molecule has 0 heterocycles. The summed E-state index contributed by atoms with van der Waals surface area (Å²) < 4.78 is 33.6. The lowest BCUT2D eigenvalue weighted by molar-refractivity contribution is -0.122. The molecule has 0 aliphatic rings. The van der Waals surface area contributed by atoms with Crippen LogP contribution in [0, 0.1) is 13.8 Å². The molecule has 0 spiro atoms. The number of hydrogen-bond donors (Lipinski definition) is 3. The SMILES string of the molecule is CCNC(=O)COc1ccc(NC(=O)c2cc(S(=O)(=O)Nc3ccc(C)cc3)ccc2C)cc1. The van der Waals surface area contributed by atoms with E-state index in [1.807, 2.05) is 26.0 Å². The van der Waals surface area contributed by atoms with Gasteiger partial charge in [-0.2, -0.15) is 0 Å². The van der Waals surface area contributed by atoms with Crippen LogP contribution in [0.5, 0.6) is 5.75 Å². The van der Waals surface area contributed by atoms with Gasteiger partial charge in [0.15, 0.2) is 6.61 Å². The number of hydrogen-bond acceptors (Lipinski definition) is 5. The highest BCUT2D eigenvalue weighted by Crippen LogP contribution is 2.22. The van der Waals surface area contributed by atoms with Crippen molar-refractivity contribution < 1.29 is 22.7 Å². The molecule has 0 aromatic heterocycles. The van der Waals surface area contributed by atoms with Crippen LogP contribution in [0.2, 0.25) is 0 Å². The third-order valence-electron chi connectivity index (χ3n) is 4.92. The van der Waals surface area contributed by atoms with Crippen molar-refractivity contribution in [1.29, 1.82) is 0 Å². The fraction of sp³-hybridized carbons (Fsp3) is 0.200. The van der Waals surface area contributed by atoms with Gasteiger partial charge in [-0.25, -0.2) is 8.42 Å². The Bertz CT molecular complexity index is 1270. The zero-order valence-corrected chi connectivity index (χ0v) is 20.0. The van der Waals surface area contributed by atoms with Gasteiger partial charge < -0.3 is 15.4 Å². The minimum Gasteiger partial charge on any atom is -0.484 e. The summed E-state index contributed by atoms with van der Waals surface area (Å²) in [5, 5.41) is 5.40. The number of amides is 2. The highest BCUT2D eigenvalue weighted by atomic mass is 32.2. The first-order valence-electron chi connectivity index (χ1n) is 10.7. The molecule has 34 heavy (non-hydrogen) atoms. The number of rotatable bonds is 9. The van der Waals surface area contributed by atoms with Crippen molar-refractivity contribution >= 4 is 33.2 Å². The minimum absolute atomic E-state index is 0.0158. The van der Waals surface area contributed by atoms with E-state index in [4.69, 9.17) is 4.74 Å². The van der Waals surface area contributed by atoms with Crippen molar-refractivity contribution in [2.45, 2.75) is 25.7 Å². The summed E-state index contributed by atoms with van der Waals surface area (Å²) in [6, 6.07) is 17.9. The number of ether oxygens (including phenoxy) is 1. The van der Waals surface area contributed by atoms with Crippen molar-refractivity contribution in [3.05, 3.63) is 83.4 Å². The van der Waals surface area contributed by atoms with Crippen molar-refractivity contribution in [2.75, 3.05) is 23.2 Å². The molecule has 0 atom stereocenters. The number of anilines is 2. The normalized spacial score (nSPS) is 10.9. The van der Waals surface area contributed by atoms with Gasteiger partial charge in [0.2, 0.25) is 0 Å². The molecule has 3 aromatic carbocycles. The van der Waals surface area contributed by atoms with E-state index in [0.29, 0.717) is 29.2 Å². The van der Waals surface area contributed by atoms with Gasteiger partial charge in [0.25, 0.3) is 21.8 Å². The van der Waals surface area contributed by atoms with Crippen LogP contribution in [0.1, 0.15) is 28.4 Å². The van der Waals surface area contributed by atoms with Crippen molar-refractivity contribution in [2.24, 2.45) is 0 Å². The Balaban J connectivity index is 1.71. The summed E-state index contributed by atoms with van der Waals surface area (Å²) in [6.45, 7) is 5.89. The Kier molecular flexibility index (Phi) is 7.91. The molecule has 3 aromatic rings. The Morgan fingerprint density at radius 2 is 1.53 bits per heavy atom. The number of sulfonamides is 1. The first kappa shape index (κ1) is 24.8. The standard InChI is InChI=1S/C25H27N3O5S/c1-4-26-24(29)16-33-21-12-10-19(11-13-21)27-25(30)23-15-22(14-7-18(23)3)34(31,32)28-20-8-5-17(2)6-9-20/h5-15,28H,4,16H2,1-3H3,(H,26,29)(H,27,30). The van der Waals surface area contributed by atoms with Crippen LogP contribution in [-0.2, 0) is 14.8 Å². The molecule has 0 unspecified atom stereocenters. The van der Waals surface area contributed by atoms with E-state index >= 15 is 0 Å². The van der Waals surface area contributed by atoms with Crippen LogP contribution in [0.25, 0.3) is 0 Å². The summed E-state index contributed by atoms with van der Waals surface area (Å²) in [6.07, 6.45) is 0. The molecule has 0 fully saturated rings. The van der Waals surface area contributed by atoms with Gasteiger partial charge in [-0.1, -0.05) is 23.8 Å². The summed E-state index contributed by atoms with van der Waals surface area (Å²) in [4.78, 5) is 24.3. The quantitative estimate of drug-likeness (QED) is 0.429. The maximum Gasteiger partial charge on any atom is 0.261 e. The maximum absolute atomic E-state index is 12.9. The zero-order valence-electron chi connectivity index (χ0n) is 19.2. The van der Waals surface area contributed by atoms with Gasteiger partial charge in [0.1, 0.15) is 5.75 Å². The number of aryl methyl sites for hydroxylation is 2. The molecule has 0 saturated heterocycles. The number of nitrogens with one attached hydrogen (secondary N) is 3. The van der Waals surface area contributed by atoms with Crippen LogP contribution in [0.4, 0.5) is 11.4 Å². The summed E-state index contributed by atoms with van der Waals surface area (Å²) in [7, 11) is -3.87. The van der Waals surface area contributed by atoms with E-state index in [1.165, 1.54) is 12.1 Å². The second-order valence-corrected chi connectivity index (χ2v) is 9.35. The van der Waals surface area contributed by atoms with E-state index in [0.717, 1.165) is 5.56 Å². The molecule has 0 saturated carbocycles. The van der Waals surface area contributed by atoms with E-state index < -0.39 is 15.9 Å². The molecule has 8 nitrogen and oxygen atoms in total. The first-order chi connectivity index (χ1) is 16.2. The number of carbonyl (C=O) groups excluding carboxylic acids is 2. The van der Waals surface area contributed by atoms with Crippen molar-refractivity contribution in [1.82, 2.24) is 5.32 Å². The van der Waals surface area contributed by atoms with Gasteiger partial charge in [-0.05, 0) is 74.9 Å². The molecule has 9 heteroatoms. The lowest BCUT2D eigenvalue weighted by Gasteiger charge is -2.12. The molecule has 2 amide bonds. The van der Waals surface area contributed by atoms with Gasteiger partial charge in [0.05, 0.1) is 4.90 Å². The fourth-order valence-corrected chi connectivity index (χ4v) is 4.16. The lowest BCUT2D eigenvalue weighted by atomic mass is 10.1. The van der Waals surface area contributed by atoms with Crippen molar-refractivity contribution in [3.63, 3.8) is 0 Å². The van der Waals surface area contributed by atoms with Crippen LogP contribution in [-0.4, -0.2) is 33.4 Å². The molecule has 0 radical (unpaired) electrons. The average molecular weight is 482 g/mol.